The van der Waals surface area contributed by atoms with Crippen LogP contribution in [0.3, 0.4) is 0 Å². The van der Waals surface area contributed by atoms with E-state index in [1.165, 1.54) is 11.1 Å². The van der Waals surface area contributed by atoms with Gasteiger partial charge in [-0.1, -0.05) is 146 Å². The molecule has 0 saturated heterocycles. The summed E-state index contributed by atoms with van der Waals surface area (Å²) < 4.78 is 14.0. The van der Waals surface area contributed by atoms with Gasteiger partial charge >= 0.3 is 0 Å². The van der Waals surface area contributed by atoms with Crippen LogP contribution >= 0.6 is 0 Å². The molecule has 5 aromatic rings. The van der Waals surface area contributed by atoms with Gasteiger partial charge in [0.25, 0.3) is 0 Å². The predicted octanol–water partition coefficient (Wildman–Crippen LogP) is 8.59. The highest BCUT2D eigenvalue weighted by Gasteiger charge is 2.55. The van der Waals surface area contributed by atoms with Crippen molar-refractivity contribution >= 4 is 11.8 Å². The number of benzene rings is 5. The zero-order valence-corrected chi connectivity index (χ0v) is 23.8. The first-order valence-corrected chi connectivity index (χ1v) is 15.0. The smallest absolute Gasteiger partial charge is 0.201 e. The van der Waals surface area contributed by atoms with Crippen LogP contribution in [0.5, 0.6) is 0 Å². The van der Waals surface area contributed by atoms with Crippen molar-refractivity contribution in [3.8, 4) is 0 Å². The minimum atomic E-state index is -0.642. The molecule has 0 aromatic heterocycles. The fourth-order valence-corrected chi connectivity index (χ4v) is 6.89. The first-order valence-electron chi connectivity index (χ1n) is 15.0. The molecule has 0 bridgehead atoms. The van der Waals surface area contributed by atoms with Crippen LogP contribution in [0.25, 0.3) is 0 Å². The van der Waals surface area contributed by atoms with Gasteiger partial charge in [0.15, 0.2) is 12.2 Å². The Kier molecular flexibility index (Phi) is 6.40. The Balaban J connectivity index is 1.27. The Labute approximate surface area is 252 Å². The minimum absolute atomic E-state index is 0.170. The summed E-state index contributed by atoms with van der Waals surface area (Å²) >= 11 is 0. The minimum Gasteiger partial charge on any atom is -0.469 e. The maximum absolute atomic E-state index is 7.02. The van der Waals surface area contributed by atoms with Gasteiger partial charge in [0, 0.05) is 0 Å². The average Bonchev–Trinajstić information content (AvgIpc) is 3.83. The third kappa shape index (κ3) is 4.54. The van der Waals surface area contributed by atoms with Gasteiger partial charge in [-0.15, -0.1) is 0 Å². The summed E-state index contributed by atoms with van der Waals surface area (Å²) in [7, 11) is 0. The largest absolute Gasteiger partial charge is 0.469 e. The lowest BCUT2D eigenvalue weighted by molar-refractivity contribution is 0.156. The van der Waals surface area contributed by atoms with E-state index >= 15 is 0 Å². The SMILES string of the molecule is c1ccc([C@H]2N=C(C3(C4=N[C@H](c5ccccc5)[C@H](c5ccccc5)O4)Cc4ccccc4C3)O[C@H]2c2ccccc2)cc1. The zero-order chi connectivity index (χ0) is 28.6. The summed E-state index contributed by atoms with van der Waals surface area (Å²) in [6, 6.07) is 50.2. The fraction of sp³-hybridized carbons (Fsp3) is 0.179. The number of fused-ring (bicyclic) bond motifs is 1. The van der Waals surface area contributed by atoms with Crippen LogP contribution < -0.4 is 0 Å². The molecule has 0 saturated carbocycles. The van der Waals surface area contributed by atoms with E-state index in [9.17, 15) is 0 Å². The van der Waals surface area contributed by atoms with Crippen LogP contribution in [0, 0.1) is 5.41 Å². The Hall–Kier alpha value is -4.96. The molecule has 4 atom stereocenters. The Morgan fingerprint density at radius 2 is 0.744 bits per heavy atom. The van der Waals surface area contributed by atoms with Crippen LogP contribution in [0.1, 0.15) is 57.7 Å². The Morgan fingerprint density at radius 1 is 0.419 bits per heavy atom. The summed E-state index contributed by atoms with van der Waals surface area (Å²) in [6.07, 6.45) is 0.979. The lowest BCUT2D eigenvalue weighted by Gasteiger charge is -2.29. The van der Waals surface area contributed by atoms with Gasteiger partial charge in [-0.2, -0.15) is 0 Å². The van der Waals surface area contributed by atoms with E-state index in [1.807, 2.05) is 24.3 Å². The second kappa shape index (κ2) is 10.7. The molecule has 210 valence electrons. The van der Waals surface area contributed by atoms with Crippen LogP contribution in [-0.4, -0.2) is 11.8 Å². The summed E-state index contributed by atoms with van der Waals surface area (Å²) in [5.74, 6) is 1.43. The van der Waals surface area contributed by atoms with Gasteiger partial charge in [0.2, 0.25) is 11.8 Å². The van der Waals surface area contributed by atoms with Crippen molar-refractivity contribution < 1.29 is 9.47 Å². The fourth-order valence-electron chi connectivity index (χ4n) is 6.89. The van der Waals surface area contributed by atoms with Crippen molar-refractivity contribution in [2.75, 3.05) is 0 Å². The van der Waals surface area contributed by atoms with E-state index in [2.05, 4.69) is 121 Å². The normalized spacial score (nSPS) is 23.5. The molecule has 0 radical (unpaired) electrons. The molecule has 2 aliphatic heterocycles. The molecule has 43 heavy (non-hydrogen) atoms. The zero-order valence-electron chi connectivity index (χ0n) is 23.8. The number of aliphatic imine (C=N–C) groups is 2. The molecule has 5 aromatic carbocycles. The van der Waals surface area contributed by atoms with Gasteiger partial charge in [0.1, 0.15) is 17.5 Å². The Bertz CT molecular complexity index is 1650. The number of rotatable bonds is 6. The van der Waals surface area contributed by atoms with Crippen molar-refractivity contribution in [3.05, 3.63) is 179 Å². The van der Waals surface area contributed by atoms with Crippen molar-refractivity contribution in [1.29, 1.82) is 0 Å². The van der Waals surface area contributed by atoms with Gasteiger partial charge in [-0.3, -0.25) is 0 Å². The molecular formula is C39H32N2O2. The van der Waals surface area contributed by atoms with E-state index in [4.69, 9.17) is 19.5 Å². The highest BCUT2D eigenvalue weighted by Crippen LogP contribution is 2.52. The molecule has 4 nitrogen and oxygen atoms in total. The van der Waals surface area contributed by atoms with Crippen LogP contribution in [0.15, 0.2) is 156 Å². The monoisotopic (exact) mass is 560 g/mol. The number of hydrogen-bond donors (Lipinski definition) is 0. The summed E-state index contributed by atoms with van der Waals surface area (Å²) in [5.41, 5.74) is 6.43. The maximum atomic E-state index is 7.02. The van der Waals surface area contributed by atoms with E-state index in [0.29, 0.717) is 11.8 Å². The van der Waals surface area contributed by atoms with Crippen molar-refractivity contribution in [1.82, 2.24) is 0 Å². The molecule has 3 aliphatic rings. The van der Waals surface area contributed by atoms with Gasteiger partial charge in [0.05, 0.1) is 0 Å². The Morgan fingerprint density at radius 3 is 1.12 bits per heavy atom. The average molecular weight is 561 g/mol. The highest BCUT2D eigenvalue weighted by molar-refractivity contribution is 6.08. The molecule has 2 heterocycles. The van der Waals surface area contributed by atoms with E-state index < -0.39 is 5.41 Å². The second-order valence-electron chi connectivity index (χ2n) is 11.7. The molecule has 1 aliphatic carbocycles. The van der Waals surface area contributed by atoms with Crippen molar-refractivity contribution in [2.45, 2.75) is 37.1 Å². The molecular weight excluding hydrogens is 528 g/mol. The highest BCUT2D eigenvalue weighted by atomic mass is 16.5. The van der Waals surface area contributed by atoms with E-state index in [1.54, 1.807) is 0 Å². The van der Waals surface area contributed by atoms with E-state index in [0.717, 1.165) is 35.1 Å². The number of hydrogen-bond acceptors (Lipinski definition) is 4. The van der Waals surface area contributed by atoms with Gasteiger partial charge in [-0.25, -0.2) is 9.98 Å². The molecule has 4 heteroatoms. The lowest BCUT2D eigenvalue weighted by atomic mass is 9.83. The lowest BCUT2D eigenvalue weighted by Crippen LogP contribution is -2.41. The maximum Gasteiger partial charge on any atom is 0.201 e. The third-order valence-corrected chi connectivity index (χ3v) is 9.02. The van der Waals surface area contributed by atoms with Gasteiger partial charge < -0.3 is 9.47 Å². The quantitative estimate of drug-likeness (QED) is 0.209. The summed E-state index contributed by atoms with van der Waals surface area (Å²) in [4.78, 5) is 10.9. The third-order valence-electron chi connectivity index (χ3n) is 9.02. The first-order chi connectivity index (χ1) is 21.3. The number of nitrogens with zero attached hydrogens (tertiary/aromatic N) is 2. The molecule has 0 amide bonds. The van der Waals surface area contributed by atoms with Crippen LogP contribution in [0.4, 0.5) is 0 Å². The predicted molar refractivity (Wildman–Crippen MR) is 170 cm³/mol. The molecule has 0 unspecified atom stereocenters. The molecule has 8 rings (SSSR count). The summed E-state index contributed by atoms with van der Waals surface area (Å²) in [6.45, 7) is 0. The van der Waals surface area contributed by atoms with Gasteiger partial charge in [-0.05, 0) is 46.2 Å². The molecule has 0 N–H and O–H groups in total. The van der Waals surface area contributed by atoms with Crippen LogP contribution in [0.2, 0.25) is 0 Å². The van der Waals surface area contributed by atoms with Crippen LogP contribution in [-0.2, 0) is 22.3 Å². The standard InChI is InChI=1S/C39H32N2O2/c1-5-15-27(16-6-1)33-35(29-19-9-3-10-20-29)42-37(40-33)39(25-31-23-13-14-24-32(31)26-39)38-41-34(28-17-7-2-8-18-28)36(43-38)30-21-11-4-12-22-30/h1-24,33-36H,25-26H2/t33-,34-,35+,36+/m1/s1. The second-order valence-corrected chi connectivity index (χ2v) is 11.7. The first kappa shape index (κ1) is 25.7. The van der Waals surface area contributed by atoms with E-state index in [-0.39, 0.29) is 24.3 Å². The topological polar surface area (TPSA) is 43.2 Å². The van der Waals surface area contributed by atoms with Crippen molar-refractivity contribution in [3.63, 3.8) is 0 Å². The molecule has 0 fully saturated rings. The van der Waals surface area contributed by atoms with Crippen molar-refractivity contribution in [2.24, 2.45) is 15.4 Å². The number of ether oxygens (including phenoxy) is 2. The molecule has 0 spiro atoms. The summed E-state index contributed by atoms with van der Waals surface area (Å²) in [5, 5.41) is 0.